The number of aromatic nitrogens is 2. The average Bonchev–Trinajstić information content (AvgIpc) is 3.68. The predicted octanol–water partition coefficient (Wildman–Crippen LogP) is 2.56. The number of piperidine rings is 1. The van der Waals surface area contributed by atoms with E-state index in [9.17, 15) is 37.1 Å². The van der Waals surface area contributed by atoms with Crippen LogP contribution in [0.2, 0.25) is 0 Å². The van der Waals surface area contributed by atoms with Gasteiger partial charge in [0.25, 0.3) is 17.7 Å². The van der Waals surface area contributed by atoms with Crippen LogP contribution in [-0.4, -0.2) is 100 Å². The maximum absolute atomic E-state index is 13.4. The summed E-state index contributed by atoms with van der Waals surface area (Å²) in [5, 5.41) is 18.2. The van der Waals surface area contributed by atoms with Crippen LogP contribution in [0.1, 0.15) is 58.5 Å². The summed E-state index contributed by atoms with van der Waals surface area (Å²) in [6.07, 6.45) is -1.21. The fourth-order valence-corrected chi connectivity index (χ4v) is 7.02. The molecule has 0 bridgehead atoms. The molecule has 2 N–H and O–H groups in total. The lowest BCUT2D eigenvalue weighted by atomic mass is 10.0. The molecular formula is C35H34F3N9O5. The van der Waals surface area contributed by atoms with Crippen molar-refractivity contribution in [2.45, 2.75) is 50.5 Å². The highest BCUT2D eigenvalue weighted by Gasteiger charge is 2.45. The zero-order valence-corrected chi connectivity index (χ0v) is 28.2. The Kier molecular flexibility index (Phi) is 8.52. The number of alkyl halides is 3. The molecule has 1 unspecified atom stereocenters. The van der Waals surface area contributed by atoms with Crippen molar-refractivity contribution in [1.29, 1.82) is 5.26 Å². The molecule has 4 aliphatic heterocycles. The number of nitrogens with zero attached hydrogens (tertiary/aromatic N) is 7. The van der Waals surface area contributed by atoms with Gasteiger partial charge in [-0.3, -0.25) is 43.8 Å². The molecule has 0 aliphatic carbocycles. The molecule has 3 aromatic rings. The third-order valence-electron chi connectivity index (χ3n) is 10.2. The number of piperazine rings is 1. The highest BCUT2D eigenvalue weighted by atomic mass is 19.4. The first kappa shape index (κ1) is 34.7. The van der Waals surface area contributed by atoms with E-state index in [1.807, 2.05) is 0 Å². The molecule has 1 atom stereocenters. The number of halogens is 3. The van der Waals surface area contributed by atoms with Crippen LogP contribution in [-0.2, 0) is 26.1 Å². The lowest BCUT2D eigenvalue weighted by Gasteiger charge is -2.49. The summed E-state index contributed by atoms with van der Waals surface area (Å²) in [5.41, 5.74) is -0.901. The molecule has 3 saturated heterocycles. The zero-order valence-electron chi connectivity index (χ0n) is 28.2. The van der Waals surface area contributed by atoms with Crippen LogP contribution in [0.3, 0.4) is 0 Å². The van der Waals surface area contributed by atoms with Crippen LogP contribution in [0.4, 0.5) is 30.2 Å². The van der Waals surface area contributed by atoms with E-state index in [0.717, 1.165) is 54.6 Å². The van der Waals surface area contributed by atoms with Crippen molar-refractivity contribution in [3.05, 3.63) is 71.0 Å². The van der Waals surface area contributed by atoms with Gasteiger partial charge in [-0.05, 0) is 56.7 Å². The minimum absolute atomic E-state index is 0.0565. The molecule has 0 radical (unpaired) electrons. The Bertz CT molecular complexity index is 2040. The van der Waals surface area contributed by atoms with Crippen molar-refractivity contribution in [2.75, 3.05) is 54.4 Å². The number of carbonyl (C=O) groups is 5. The number of imide groups is 2. The minimum atomic E-state index is -4.75. The van der Waals surface area contributed by atoms with Crippen LogP contribution in [0, 0.1) is 11.3 Å². The third-order valence-corrected chi connectivity index (χ3v) is 10.2. The summed E-state index contributed by atoms with van der Waals surface area (Å²) in [4.78, 5) is 71.0. The molecule has 270 valence electrons. The number of fused-ring (bicyclic) bond motifs is 1. The van der Waals surface area contributed by atoms with Crippen LogP contribution in [0.5, 0.6) is 0 Å². The van der Waals surface area contributed by atoms with Gasteiger partial charge in [-0.1, -0.05) is 0 Å². The van der Waals surface area contributed by atoms with Crippen molar-refractivity contribution in [3.63, 3.8) is 0 Å². The molecule has 52 heavy (non-hydrogen) atoms. The van der Waals surface area contributed by atoms with E-state index < -0.39 is 58.4 Å². The molecule has 4 aliphatic rings. The molecule has 0 spiro atoms. The first-order valence-corrected chi connectivity index (χ1v) is 16.7. The van der Waals surface area contributed by atoms with E-state index in [4.69, 9.17) is 5.26 Å². The molecule has 14 nitrogen and oxygen atoms in total. The quantitative estimate of drug-likeness (QED) is 0.348. The maximum atomic E-state index is 13.4. The molecular weight excluding hydrogens is 683 g/mol. The lowest BCUT2D eigenvalue weighted by molar-refractivity contribution is -0.138. The van der Waals surface area contributed by atoms with Gasteiger partial charge in [0.2, 0.25) is 11.8 Å². The Hall–Kier alpha value is -5.76. The summed E-state index contributed by atoms with van der Waals surface area (Å²) in [7, 11) is 0. The monoisotopic (exact) mass is 717 g/mol. The summed E-state index contributed by atoms with van der Waals surface area (Å²) in [6.45, 7) is 7.61. The second kappa shape index (κ2) is 12.8. The molecule has 1 aromatic heterocycles. The fraction of sp³-hybridized carbons (Fsp3) is 0.400. The highest BCUT2D eigenvalue weighted by molar-refractivity contribution is 6.23. The predicted molar refractivity (Wildman–Crippen MR) is 179 cm³/mol. The first-order chi connectivity index (χ1) is 24.6. The van der Waals surface area contributed by atoms with E-state index in [2.05, 4.69) is 30.4 Å². The van der Waals surface area contributed by atoms with Gasteiger partial charge in [0.15, 0.2) is 0 Å². The van der Waals surface area contributed by atoms with Gasteiger partial charge in [-0.2, -0.15) is 23.5 Å². The topological polar surface area (TPSA) is 164 Å². The second-order valence-corrected chi connectivity index (χ2v) is 13.8. The molecule has 7 rings (SSSR count). The van der Waals surface area contributed by atoms with E-state index >= 15 is 0 Å². The van der Waals surface area contributed by atoms with Gasteiger partial charge in [-0.25, -0.2) is 0 Å². The number of nitrogens with one attached hydrogen (secondary N) is 2. The van der Waals surface area contributed by atoms with Gasteiger partial charge in [0.05, 0.1) is 40.2 Å². The molecule has 5 amide bonds. The molecule has 5 heterocycles. The summed E-state index contributed by atoms with van der Waals surface area (Å²) in [5.74, 6) is -2.73. The Morgan fingerprint density at radius 2 is 1.65 bits per heavy atom. The fourth-order valence-electron chi connectivity index (χ4n) is 7.02. The average molecular weight is 718 g/mol. The highest BCUT2D eigenvalue weighted by Crippen LogP contribution is 2.35. The molecule has 3 fully saturated rings. The number of benzene rings is 2. The van der Waals surface area contributed by atoms with Crippen LogP contribution in [0.25, 0.3) is 0 Å². The van der Waals surface area contributed by atoms with Crippen LogP contribution >= 0.6 is 0 Å². The van der Waals surface area contributed by atoms with Gasteiger partial charge < -0.3 is 15.1 Å². The van der Waals surface area contributed by atoms with Crippen LogP contribution < -0.4 is 20.4 Å². The number of hydrogen-bond donors (Lipinski definition) is 2. The van der Waals surface area contributed by atoms with Gasteiger partial charge >= 0.3 is 6.18 Å². The normalized spacial score (nSPS) is 20.1. The van der Waals surface area contributed by atoms with Crippen molar-refractivity contribution in [2.24, 2.45) is 0 Å². The second-order valence-electron chi connectivity index (χ2n) is 13.8. The number of carbonyl (C=O) groups excluding carboxylic acids is 5. The summed E-state index contributed by atoms with van der Waals surface area (Å²) in [6, 6.07) is 8.92. The minimum Gasteiger partial charge on any atom is -0.368 e. The Morgan fingerprint density at radius 1 is 0.942 bits per heavy atom. The van der Waals surface area contributed by atoms with Gasteiger partial charge in [-0.15, -0.1) is 0 Å². The van der Waals surface area contributed by atoms with Crippen LogP contribution in [0.15, 0.2) is 48.8 Å². The summed E-state index contributed by atoms with van der Waals surface area (Å²) < 4.78 is 41.8. The van der Waals surface area contributed by atoms with E-state index in [-0.39, 0.29) is 35.7 Å². The molecule has 2 aromatic carbocycles. The van der Waals surface area contributed by atoms with E-state index in [1.54, 1.807) is 44.4 Å². The third kappa shape index (κ3) is 6.12. The van der Waals surface area contributed by atoms with Crippen molar-refractivity contribution in [1.82, 2.24) is 24.9 Å². The van der Waals surface area contributed by atoms with Crippen molar-refractivity contribution >= 4 is 46.6 Å². The van der Waals surface area contributed by atoms with E-state index in [0.29, 0.717) is 13.1 Å². The number of nitriles is 1. The first-order valence-electron chi connectivity index (χ1n) is 16.7. The number of amides is 5. The standard InChI is InChI=1S/C35H34F3N9O5/c1-34(2,33(52)41-21-4-3-20(15-39)27(13-21)35(36,37)38)46-19-23(16-40-46)43-9-11-44(12-10-43)24-17-45(18-24)22-5-6-25-26(14-22)32(51)47(31(25)50)28-7-8-29(48)42-30(28)49/h3-6,13-14,16,19,24,28H,7-12,17-18H2,1-2H3,(H,41,52)(H,42,48,49). The Morgan fingerprint density at radius 3 is 2.33 bits per heavy atom. The number of hydrogen-bond acceptors (Lipinski definition) is 10. The SMILES string of the molecule is CC(C)(C(=O)Nc1ccc(C#N)c(C(F)(F)F)c1)n1cc(N2CCN(C3CN(c4ccc5c(c4)C(=O)N(C4CCC(=O)NC4=O)C5=O)C3)CC2)cn1. The Balaban J connectivity index is 0.925. The largest absolute Gasteiger partial charge is 0.417 e. The zero-order chi connectivity index (χ0) is 37.1. The van der Waals surface area contributed by atoms with Gasteiger partial charge in [0, 0.05) is 69.3 Å². The van der Waals surface area contributed by atoms with E-state index in [1.165, 1.54) is 16.8 Å². The molecule has 0 saturated carbocycles. The lowest BCUT2D eigenvalue weighted by Crippen LogP contribution is -2.63. The molecule has 17 heteroatoms. The van der Waals surface area contributed by atoms with Gasteiger partial charge in [0.1, 0.15) is 11.6 Å². The Labute approximate surface area is 295 Å². The van der Waals surface area contributed by atoms with Crippen molar-refractivity contribution < 1.29 is 37.1 Å². The number of anilines is 3. The maximum Gasteiger partial charge on any atom is 0.417 e. The number of rotatable bonds is 7. The van der Waals surface area contributed by atoms with Crippen molar-refractivity contribution in [3.8, 4) is 6.07 Å². The summed E-state index contributed by atoms with van der Waals surface area (Å²) >= 11 is 0. The smallest absolute Gasteiger partial charge is 0.368 e.